The summed E-state index contributed by atoms with van der Waals surface area (Å²) in [5.41, 5.74) is 2.56. The molecule has 0 aromatic heterocycles. The van der Waals surface area contributed by atoms with Crippen LogP contribution in [0.2, 0.25) is 0 Å². The quantitative estimate of drug-likeness (QED) is 0.708. The number of hydrogen-bond donors (Lipinski definition) is 1. The maximum atomic E-state index is 13.6. The predicted molar refractivity (Wildman–Crippen MR) is 127 cm³/mol. The molecule has 1 aliphatic carbocycles. The molecule has 176 valence electrons. The molecule has 2 heterocycles. The summed E-state index contributed by atoms with van der Waals surface area (Å²) in [4.78, 5) is 33.2. The first-order valence-corrected chi connectivity index (χ1v) is 12.5. The lowest BCUT2D eigenvalue weighted by Gasteiger charge is -2.30. The van der Waals surface area contributed by atoms with Crippen molar-refractivity contribution in [2.75, 3.05) is 39.3 Å². The molecule has 3 fully saturated rings. The van der Waals surface area contributed by atoms with Crippen molar-refractivity contribution < 1.29 is 9.59 Å². The van der Waals surface area contributed by atoms with Crippen LogP contribution >= 0.6 is 0 Å². The highest BCUT2D eigenvalue weighted by molar-refractivity contribution is 5.90. The number of amides is 2. The average Bonchev–Trinajstić information content (AvgIpc) is 3.57. The normalized spacial score (nSPS) is 24.3. The topological polar surface area (TPSA) is 55.9 Å². The maximum Gasteiger partial charge on any atom is 0.245 e. The molecule has 1 aromatic rings. The highest BCUT2D eigenvalue weighted by atomic mass is 16.2. The predicted octanol–water partition coefficient (Wildman–Crippen LogP) is 2.65. The number of nitrogens with one attached hydrogen (secondary N) is 1. The third-order valence-electron chi connectivity index (χ3n) is 7.05. The lowest BCUT2D eigenvalue weighted by atomic mass is 10.1. The van der Waals surface area contributed by atoms with Gasteiger partial charge < -0.3 is 15.1 Å². The van der Waals surface area contributed by atoms with Gasteiger partial charge in [-0.3, -0.25) is 14.5 Å². The maximum absolute atomic E-state index is 13.6. The van der Waals surface area contributed by atoms with Gasteiger partial charge in [-0.05, 0) is 50.6 Å². The highest BCUT2D eigenvalue weighted by Crippen LogP contribution is 2.35. The zero-order valence-corrected chi connectivity index (χ0v) is 20.1. The van der Waals surface area contributed by atoms with E-state index in [1.807, 2.05) is 9.80 Å². The second-order valence-electron chi connectivity index (χ2n) is 10.4. The van der Waals surface area contributed by atoms with Crippen LogP contribution in [-0.2, 0) is 16.1 Å². The first-order chi connectivity index (χ1) is 15.4. The number of carbonyl (C=O) groups is 2. The van der Waals surface area contributed by atoms with Crippen molar-refractivity contribution in [2.24, 2.45) is 11.8 Å². The standard InChI is InChI=1S/C26H40N4O2/c1-19(2)16-29(17-21-7-5-20(3)6-8-21)23-15-24(30(18-23)25(31)22-9-10-22)26(32)28-13-4-11-27-12-14-28/h5-8,19,22-24,27H,4,9-18H2,1-3H3. The smallest absolute Gasteiger partial charge is 0.245 e. The van der Waals surface area contributed by atoms with Crippen molar-refractivity contribution in [3.8, 4) is 0 Å². The second-order valence-corrected chi connectivity index (χ2v) is 10.4. The van der Waals surface area contributed by atoms with Gasteiger partial charge in [0.05, 0.1) is 0 Å². The number of nitrogens with zero attached hydrogens (tertiary/aromatic N) is 3. The van der Waals surface area contributed by atoms with Crippen LogP contribution < -0.4 is 5.32 Å². The number of benzene rings is 1. The summed E-state index contributed by atoms with van der Waals surface area (Å²) in [5, 5.41) is 3.38. The van der Waals surface area contributed by atoms with Crippen LogP contribution in [0.25, 0.3) is 0 Å². The van der Waals surface area contributed by atoms with Crippen LogP contribution in [0.5, 0.6) is 0 Å². The van der Waals surface area contributed by atoms with E-state index in [9.17, 15) is 9.59 Å². The summed E-state index contributed by atoms with van der Waals surface area (Å²) in [7, 11) is 0. The molecular formula is C26H40N4O2. The van der Waals surface area contributed by atoms with E-state index >= 15 is 0 Å². The Morgan fingerprint density at radius 3 is 2.53 bits per heavy atom. The summed E-state index contributed by atoms with van der Waals surface area (Å²) < 4.78 is 0. The fraction of sp³-hybridized carbons (Fsp3) is 0.692. The molecule has 2 atom stereocenters. The first kappa shape index (κ1) is 23.2. The van der Waals surface area contributed by atoms with E-state index in [2.05, 4.69) is 55.3 Å². The van der Waals surface area contributed by atoms with Gasteiger partial charge in [0.25, 0.3) is 0 Å². The molecule has 2 unspecified atom stereocenters. The Hall–Kier alpha value is -1.92. The Morgan fingerprint density at radius 2 is 1.84 bits per heavy atom. The van der Waals surface area contributed by atoms with Crippen molar-refractivity contribution in [3.63, 3.8) is 0 Å². The third kappa shape index (κ3) is 5.70. The van der Waals surface area contributed by atoms with Gasteiger partial charge in [0.1, 0.15) is 6.04 Å². The number of aryl methyl sites for hydroxylation is 1. The minimum atomic E-state index is -0.307. The van der Waals surface area contributed by atoms with E-state index in [4.69, 9.17) is 0 Å². The van der Waals surface area contributed by atoms with Crippen LogP contribution in [-0.4, -0.2) is 77.9 Å². The van der Waals surface area contributed by atoms with Crippen molar-refractivity contribution in [2.45, 2.75) is 65.1 Å². The summed E-state index contributed by atoms with van der Waals surface area (Å²) in [6, 6.07) is 8.66. The molecule has 1 aromatic carbocycles. The Morgan fingerprint density at radius 1 is 1.09 bits per heavy atom. The molecule has 2 saturated heterocycles. The molecule has 2 amide bonds. The Bertz CT molecular complexity index is 782. The highest BCUT2D eigenvalue weighted by Gasteiger charge is 2.46. The molecule has 1 saturated carbocycles. The molecule has 6 nitrogen and oxygen atoms in total. The summed E-state index contributed by atoms with van der Waals surface area (Å²) >= 11 is 0. The molecule has 32 heavy (non-hydrogen) atoms. The van der Waals surface area contributed by atoms with Crippen LogP contribution in [0, 0.1) is 18.8 Å². The van der Waals surface area contributed by atoms with Gasteiger partial charge in [-0.2, -0.15) is 0 Å². The number of carbonyl (C=O) groups excluding carboxylic acids is 2. The zero-order chi connectivity index (χ0) is 22.7. The van der Waals surface area contributed by atoms with E-state index in [-0.39, 0.29) is 29.8 Å². The van der Waals surface area contributed by atoms with Gasteiger partial charge in [-0.1, -0.05) is 43.7 Å². The van der Waals surface area contributed by atoms with Gasteiger partial charge in [0.2, 0.25) is 11.8 Å². The average molecular weight is 441 g/mol. The van der Waals surface area contributed by atoms with Crippen LogP contribution in [0.1, 0.15) is 50.7 Å². The van der Waals surface area contributed by atoms with Gasteiger partial charge in [-0.25, -0.2) is 0 Å². The summed E-state index contributed by atoms with van der Waals surface area (Å²) in [6.45, 7) is 12.4. The molecule has 0 spiro atoms. The van der Waals surface area contributed by atoms with Gasteiger partial charge >= 0.3 is 0 Å². The van der Waals surface area contributed by atoms with E-state index in [1.165, 1.54) is 11.1 Å². The minimum Gasteiger partial charge on any atom is -0.340 e. The van der Waals surface area contributed by atoms with Crippen molar-refractivity contribution in [1.29, 1.82) is 0 Å². The van der Waals surface area contributed by atoms with Gasteiger partial charge in [-0.15, -0.1) is 0 Å². The first-order valence-electron chi connectivity index (χ1n) is 12.5. The SMILES string of the molecule is Cc1ccc(CN(CC(C)C)C2CC(C(=O)N3CCCNCC3)N(C(=O)C3CC3)C2)cc1. The third-order valence-corrected chi connectivity index (χ3v) is 7.05. The molecule has 1 N–H and O–H groups in total. The Balaban J connectivity index is 1.53. The van der Waals surface area contributed by atoms with Crippen molar-refractivity contribution in [3.05, 3.63) is 35.4 Å². The Labute approximate surface area is 193 Å². The summed E-state index contributed by atoms with van der Waals surface area (Å²) in [6.07, 6.45) is 3.69. The summed E-state index contributed by atoms with van der Waals surface area (Å²) in [5.74, 6) is 1.04. The van der Waals surface area contributed by atoms with Gasteiger partial charge in [0, 0.05) is 51.2 Å². The number of rotatable bonds is 7. The largest absolute Gasteiger partial charge is 0.340 e. The zero-order valence-electron chi connectivity index (χ0n) is 20.1. The Kier molecular flexibility index (Phi) is 7.51. The molecule has 4 rings (SSSR count). The molecular weight excluding hydrogens is 400 g/mol. The lowest BCUT2D eigenvalue weighted by Crippen LogP contribution is -2.49. The van der Waals surface area contributed by atoms with E-state index in [0.29, 0.717) is 12.5 Å². The van der Waals surface area contributed by atoms with Gasteiger partial charge in [0.15, 0.2) is 0 Å². The molecule has 0 radical (unpaired) electrons. The fourth-order valence-electron chi connectivity index (χ4n) is 5.14. The second kappa shape index (κ2) is 10.3. The molecule has 0 bridgehead atoms. The van der Waals surface area contributed by atoms with E-state index in [1.54, 1.807) is 0 Å². The monoisotopic (exact) mass is 440 g/mol. The minimum absolute atomic E-state index is 0.144. The van der Waals surface area contributed by atoms with E-state index in [0.717, 1.165) is 65.0 Å². The molecule has 2 aliphatic heterocycles. The van der Waals surface area contributed by atoms with Crippen molar-refractivity contribution >= 4 is 11.8 Å². The van der Waals surface area contributed by atoms with Crippen LogP contribution in [0.15, 0.2) is 24.3 Å². The van der Waals surface area contributed by atoms with Crippen LogP contribution in [0.3, 0.4) is 0 Å². The van der Waals surface area contributed by atoms with Crippen LogP contribution in [0.4, 0.5) is 0 Å². The molecule has 3 aliphatic rings. The lowest BCUT2D eigenvalue weighted by molar-refractivity contribution is -0.144. The number of likely N-dealkylation sites (tertiary alicyclic amines) is 1. The fourth-order valence-corrected chi connectivity index (χ4v) is 5.14. The van der Waals surface area contributed by atoms with Crippen molar-refractivity contribution in [1.82, 2.24) is 20.0 Å². The molecule has 6 heteroatoms. The number of hydrogen-bond acceptors (Lipinski definition) is 4. The van der Waals surface area contributed by atoms with E-state index < -0.39 is 0 Å².